The minimum absolute atomic E-state index is 0.127. The summed E-state index contributed by atoms with van der Waals surface area (Å²) in [6.45, 7) is 1.66. The molecule has 0 aliphatic carbocycles. The van der Waals surface area contributed by atoms with Gasteiger partial charge in [-0.25, -0.2) is 0 Å². The zero-order valence-corrected chi connectivity index (χ0v) is 12.1. The molecular weight excluding hydrogens is 262 g/mol. The molecule has 0 spiro atoms. The first-order chi connectivity index (χ1) is 10.0. The minimum atomic E-state index is -1.32. The third-order valence-corrected chi connectivity index (χ3v) is 3.96. The highest BCUT2D eigenvalue weighted by Crippen LogP contribution is 2.27. The van der Waals surface area contributed by atoms with Crippen LogP contribution in [0.2, 0.25) is 0 Å². The van der Waals surface area contributed by atoms with E-state index in [1.807, 2.05) is 60.1 Å². The number of para-hydroxylation sites is 1. The maximum absolute atomic E-state index is 12.7. The molecule has 0 radical (unpaired) electrons. The fraction of sp³-hybridized carbons (Fsp3) is 0.167. The van der Waals surface area contributed by atoms with E-state index in [0.29, 0.717) is 16.5 Å². The number of aliphatic hydroxyl groups is 1. The molecule has 3 heteroatoms. The lowest BCUT2D eigenvalue weighted by Gasteiger charge is -2.25. The Morgan fingerprint density at radius 3 is 2.33 bits per heavy atom. The van der Waals surface area contributed by atoms with E-state index in [9.17, 15) is 9.90 Å². The molecule has 0 fully saturated rings. The Morgan fingerprint density at radius 1 is 1.00 bits per heavy atom. The molecule has 3 rings (SSSR count). The maximum atomic E-state index is 12.7. The summed E-state index contributed by atoms with van der Waals surface area (Å²) in [7, 11) is 1.88. The van der Waals surface area contributed by atoms with Gasteiger partial charge in [0.2, 0.25) is 0 Å². The summed E-state index contributed by atoms with van der Waals surface area (Å²) in [5, 5.41) is 11.5. The first-order valence-corrected chi connectivity index (χ1v) is 6.88. The SMILES string of the molecule is Cn1cc(C(C)(O)c2ccccc2)c(=O)c2ccccc21. The number of rotatable bonds is 2. The van der Waals surface area contributed by atoms with Crippen molar-refractivity contribution in [2.75, 3.05) is 0 Å². The first kappa shape index (κ1) is 13.6. The lowest BCUT2D eigenvalue weighted by molar-refractivity contribution is 0.101. The summed E-state index contributed by atoms with van der Waals surface area (Å²) in [5.74, 6) is 0. The highest BCUT2D eigenvalue weighted by atomic mass is 16.3. The van der Waals surface area contributed by atoms with E-state index in [4.69, 9.17) is 0 Å². The molecule has 1 N–H and O–H groups in total. The predicted octanol–water partition coefficient (Wildman–Crippen LogP) is 2.79. The minimum Gasteiger partial charge on any atom is -0.380 e. The van der Waals surface area contributed by atoms with Crippen LogP contribution in [0.1, 0.15) is 18.1 Å². The third kappa shape index (κ3) is 2.16. The van der Waals surface area contributed by atoms with Crippen LogP contribution >= 0.6 is 0 Å². The number of fused-ring (bicyclic) bond motifs is 1. The second-order valence-electron chi connectivity index (χ2n) is 5.44. The molecule has 2 aromatic carbocycles. The number of aryl methyl sites for hydroxylation is 1. The van der Waals surface area contributed by atoms with Crippen LogP contribution in [0.25, 0.3) is 10.9 Å². The van der Waals surface area contributed by atoms with Crippen LogP contribution in [-0.4, -0.2) is 9.67 Å². The van der Waals surface area contributed by atoms with Crippen LogP contribution < -0.4 is 5.43 Å². The van der Waals surface area contributed by atoms with Crippen LogP contribution in [0.15, 0.2) is 65.6 Å². The van der Waals surface area contributed by atoms with Crippen molar-refractivity contribution in [3.63, 3.8) is 0 Å². The number of hydrogen-bond donors (Lipinski definition) is 1. The molecule has 1 heterocycles. The number of hydrogen-bond acceptors (Lipinski definition) is 2. The third-order valence-electron chi connectivity index (χ3n) is 3.96. The first-order valence-electron chi connectivity index (χ1n) is 6.88. The van der Waals surface area contributed by atoms with Gasteiger partial charge in [0.1, 0.15) is 5.60 Å². The van der Waals surface area contributed by atoms with Crippen molar-refractivity contribution in [1.82, 2.24) is 4.57 Å². The summed E-state index contributed by atoms with van der Waals surface area (Å²) in [4.78, 5) is 12.7. The molecule has 1 atom stereocenters. The van der Waals surface area contributed by atoms with E-state index < -0.39 is 5.60 Å². The standard InChI is InChI=1S/C18H17NO2/c1-18(21,13-8-4-3-5-9-13)15-12-19(2)16-11-7-6-10-14(16)17(15)20/h3-12,21H,1-2H3. The lowest BCUT2D eigenvalue weighted by atomic mass is 9.88. The molecule has 21 heavy (non-hydrogen) atoms. The largest absolute Gasteiger partial charge is 0.380 e. The Hall–Kier alpha value is -2.39. The van der Waals surface area contributed by atoms with Crippen molar-refractivity contribution >= 4 is 10.9 Å². The number of aromatic nitrogens is 1. The van der Waals surface area contributed by atoms with E-state index in [1.54, 1.807) is 19.2 Å². The van der Waals surface area contributed by atoms with Crippen molar-refractivity contribution in [2.45, 2.75) is 12.5 Å². The zero-order valence-electron chi connectivity index (χ0n) is 12.1. The van der Waals surface area contributed by atoms with Gasteiger partial charge in [-0.15, -0.1) is 0 Å². The fourth-order valence-corrected chi connectivity index (χ4v) is 2.71. The molecular formula is C18H17NO2. The van der Waals surface area contributed by atoms with E-state index in [0.717, 1.165) is 5.52 Å². The molecule has 0 saturated heterocycles. The summed E-state index contributed by atoms with van der Waals surface area (Å²) in [6, 6.07) is 16.7. The normalized spacial score (nSPS) is 14.0. The molecule has 3 nitrogen and oxygen atoms in total. The van der Waals surface area contributed by atoms with Crippen LogP contribution in [0.4, 0.5) is 0 Å². The van der Waals surface area contributed by atoms with E-state index in [-0.39, 0.29) is 5.43 Å². The average molecular weight is 279 g/mol. The molecule has 0 bridgehead atoms. The molecule has 0 aliphatic heterocycles. The summed E-state index contributed by atoms with van der Waals surface area (Å²) in [6.07, 6.45) is 1.72. The van der Waals surface area contributed by atoms with Gasteiger partial charge in [0.05, 0.1) is 11.1 Å². The number of nitrogens with zero attached hydrogens (tertiary/aromatic N) is 1. The van der Waals surface area contributed by atoms with Crippen molar-refractivity contribution in [1.29, 1.82) is 0 Å². The van der Waals surface area contributed by atoms with E-state index in [2.05, 4.69) is 0 Å². The van der Waals surface area contributed by atoms with Crippen LogP contribution in [0.5, 0.6) is 0 Å². The van der Waals surface area contributed by atoms with Crippen LogP contribution in [0.3, 0.4) is 0 Å². The van der Waals surface area contributed by atoms with Gasteiger partial charge in [0.15, 0.2) is 5.43 Å². The van der Waals surface area contributed by atoms with E-state index >= 15 is 0 Å². The topological polar surface area (TPSA) is 42.2 Å². The van der Waals surface area contributed by atoms with Crippen LogP contribution in [-0.2, 0) is 12.6 Å². The highest BCUT2D eigenvalue weighted by molar-refractivity contribution is 5.79. The van der Waals surface area contributed by atoms with Gasteiger partial charge in [-0.2, -0.15) is 0 Å². The van der Waals surface area contributed by atoms with Gasteiger partial charge in [-0.3, -0.25) is 4.79 Å². The lowest BCUT2D eigenvalue weighted by Crippen LogP contribution is -2.31. The fourth-order valence-electron chi connectivity index (χ4n) is 2.71. The van der Waals surface area contributed by atoms with Crippen molar-refractivity contribution in [2.24, 2.45) is 7.05 Å². The van der Waals surface area contributed by atoms with Crippen molar-refractivity contribution in [3.05, 3.63) is 82.1 Å². The van der Waals surface area contributed by atoms with Gasteiger partial charge in [0, 0.05) is 18.6 Å². The number of pyridine rings is 1. The molecule has 106 valence electrons. The second kappa shape index (κ2) is 4.86. The summed E-state index contributed by atoms with van der Waals surface area (Å²) < 4.78 is 1.88. The van der Waals surface area contributed by atoms with Crippen molar-refractivity contribution < 1.29 is 5.11 Å². The highest BCUT2D eigenvalue weighted by Gasteiger charge is 2.29. The van der Waals surface area contributed by atoms with Gasteiger partial charge in [-0.1, -0.05) is 42.5 Å². The molecule has 1 unspecified atom stereocenters. The average Bonchev–Trinajstić information content (AvgIpc) is 2.51. The summed E-state index contributed by atoms with van der Waals surface area (Å²) in [5.41, 5.74) is 0.500. The smallest absolute Gasteiger partial charge is 0.195 e. The molecule has 3 aromatic rings. The Kier molecular flexibility index (Phi) is 3.15. The second-order valence-corrected chi connectivity index (χ2v) is 5.44. The summed E-state index contributed by atoms with van der Waals surface area (Å²) >= 11 is 0. The van der Waals surface area contributed by atoms with Crippen LogP contribution in [0, 0.1) is 0 Å². The van der Waals surface area contributed by atoms with Gasteiger partial charge in [-0.05, 0) is 24.6 Å². The molecule has 0 aliphatic rings. The predicted molar refractivity (Wildman–Crippen MR) is 84.3 cm³/mol. The monoisotopic (exact) mass is 279 g/mol. The molecule has 0 saturated carbocycles. The van der Waals surface area contributed by atoms with Gasteiger partial charge in [0.25, 0.3) is 0 Å². The Bertz CT molecular complexity index is 848. The van der Waals surface area contributed by atoms with Gasteiger partial charge < -0.3 is 9.67 Å². The zero-order chi connectivity index (χ0) is 15.0. The van der Waals surface area contributed by atoms with E-state index in [1.165, 1.54) is 0 Å². The number of benzene rings is 2. The van der Waals surface area contributed by atoms with Crippen molar-refractivity contribution in [3.8, 4) is 0 Å². The van der Waals surface area contributed by atoms with Gasteiger partial charge >= 0.3 is 0 Å². The Morgan fingerprint density at radius 2 is 1.62 bits per heavy atom. The maximum Gasteiger partial charge on any atom is 0.195 e. The Balaban J connectivity index is 2.31. The molecule has 1 aromatic heterocycles. The quantitative estimate of drug-likeness (QED) is 0.783. The molecule has 0 amide bonds. The Labute approximate surface area is 123 Å².